The quantitative estimate of drug-likeness (QED) is 0.815. The van der Waals surface area contributed by atoms with E-state index in [9.17, 15) is 4.79 Å². The zero-order valence-corrected chi connectivity index (χ0v) is 14.6. The molecular weight excluding hydrogens is 304 g/mol. The summed E-state index contributed by atoms with van der Waals surface area (Å²) in [6.45, 7) is 6.65. The minimum absolute atomic E-state index is 0.182. The van der Waals surface area contributed by atoms with Crippen LogP contribution in [0.15, 0.2) is 30.3 Å². The molecule has 1 aromatic heterocycles. The summed E-state index contributed by atoms with van der Waals surface area (Å²) in [4.78, 5) is 20.8. The van der Waals surface area contributed by atoms with Crippen molar-refractivity contribution in [3.05, 3.63) is 41.9 Å². The number of aromatic nitrogens is 2. The highest BCUT2D eigenvalue weighted by atomic mass is 16.5. The van der Waals surface area contributed by atoms with Gasteiger partial charge in [-0.05, 0) is 43.5 Å². The molecule has 6 heteroatoms. The Kier molecular flexibility index (Phi) is 6.12. The zero-order chi connectivity index (χ0) is 17.5. The highest BCUT2D eigenvalue weighted by Gasteiger charge is 2.10. The predicted octanol–water partition coefficient (Wildman–Crippen LogP) is 3.31. The lowest BCUT2D eigenvalue weighted by molar-refractivity contribution is 0.0946. The Labute approximate surface area is 142 Å². The Bertz CT molecular complexity index is 684. The third kappa shape index (κ3) is 5.22. The van der Waals surface area contributed by atoms with Crippen LogP contribution in [-0.2, 0) is 0 Å². The maximum Gasteiger partial charge on any atom is 0.270 e. The molecule has 0 saturated carbocycles. The molecule has 2 rings (SSSR count). The van der Waals surface area contributed by atoms with Gasteiger partial charge < -0.3 is 15.4 Å². The highest BCUT2D eigenvalue weighted by molar-refractivity contribution is 5.93. The van der Waals surface area contributed by atoms with E-state index in [1.165, 1.54) is 0 Å². The van der Waals surface area contributed by atoms with Crippen LogP contribution in [0.3, 0.4) is 0 Å². The summed E-state index contributed by atoms with van der Waals surface area (Å²) in [7, 11) is 1.63. The average molecular weight is 328 g/mol. The van der Waals surface area contributed by atoms with Gasteiger partial charge in [0, 0.05) is 18.3 Å². The number of rotatable bonds is 7. The highest BCUT2D eigenvalue weighted by Crippen LogP contribution is 2.19. The standard InChI is InChI=1S/C18H24N4O2/c1-12(2)9-10-19-18(23)16-11-17(21-13(3)20-16)22-14-5-7-15(24-4)8-6-14/h5-8,11-12H,9-10H2,1-4H3,(H,19,23)(H,20,21,22). The van der Waals surface area contributed by atoms with E-state index < -0.39 is 0 Å². The van der Waals surface area contributed by atoms with Crippen LogP contribution in [0.5, 0.6) is 5.75 Å². The first-order chi connectivity index (χ1) is 11.5. The SMILES string of the molecule is COc1ccc(Nc2cc(C(=O)NCCC(C)C)nc(C)n2)cc1. The fourth-order valence-electron chi connectivity index (χ4n) is 2.14. The Balaban J connectivity index is 2.08. The second kappa shape index (κ2) is 8.29. The summed E-state index contributed by atoms with van der Waals surface area (Å²) in [6, 6.07) is 9.14. The van der Waals surface area contributed by atoms with Crippen LogP contribution in [0.4, 0.5) is 11.5 Å². The minimum atomic E-state index is -0.182. The normalized spacial score (nSPS) is 10.5. The molecule has 0 radical (unpaired) electrons. The lowest BCUT2D eigenvalue weighted by Crippen LogP contribution is -2.26. The fourth-order valence-corrected chi connectivity index (χ4v) is 2.14. The van der Waals surface area contributed by atoms with Crippen LogP contribution in [0.25, 0.3) is 0 Å². The summed E-state index contributed by atoms with van der Waals surface area (Å²) < 4.78 is 5.14. The van der Waals surface area contributed by atoms with Gasteiger partial charge >= 0.3 is 0 Å². The van der Waals surface area contributed by atoms with E-state index in [4.69, 9.17) is 4.74 Å². The van der Waals surface area contributed by atoms with E-state index in [-0.39, 0.29) is 5.91 Å². The molecule has 2 aromatic rings. The number of anilines is 2. The molecule has 0 atom stereocenters. The van der Waals surface area contributed by atoms with Gasteiger partial charge in [0.25, 0.3) is 5.91 Å². The molecule has 0 fully saturated rings. The molecule has 1 amide bonds. The van der Waals surface area contributed by atoms with Crippen molar-refractivity contribution >= 4 is 17.4 Å². The fraction of sp³-hybridized carbons (Fsp3) is 0.389. The maximum absolute atomic E-state index is 12.2. The summed E-state index contributed by atoms with van der Waals surface area (Å²) in [5, 5.41) is 6.07. The van der Waals surface area contributed by atoms with Crippen molar-refractivity contribution in [2.45, 2.75) is 27.2 Å². The van der Waals surface area contributed by atoms with Gasteiger partial charge in [-0.3, -0.25) is 4.79 Å². The van der Waals surface area contributed by atoms with E-state index in [0.717, 1.165) is 17.9 Å². The lowest BCUT2D eigenvalue weighted by atomic mass is 10.1. The second-order valence-electron chi connectivity index (χ2n) is 5.98. The number of nitrogens with one attached hydrogen (secondary N) is 2. The van der Waals surface area contributed by atoms with Gasteiger partial charge in [0.2, 0.25) is 0 Å². The maximum atomic E-state index is 12.2. The molecule has 0 saturated heterocycles. The van der Waals surface area contributed by atoms with Crippen molar-refractivity contribution in [2.75, 3.05) is 19.0 Å². The first-order valence-corrected chi connectivity index (χ1v) is 8.03. The predicted molar refractivity (Wildman–Crippen MR) is 94.8 cm³/mol. The van der Waals surface area contributed by atoms with Crippen molar-refractivity contribution in [3.8, 4) is 5.75 Å². The number of carbonyl (C=O) groups excluding carboxylic acids is 1. The molecule has 0 unspecified atom stereocenters. The molecule has 0 aliphatic carbocycles. The summed E-state index contributed by atoms with van der Waals surface area (Å²) in [6.07, 6.45) is 0.937. The third-order valence-electron chi connectivity index (χ3n) is 3.44. The van der Waals surface area contributed by atoms with Crippen molar-refractivity contribution in [2.24, 2.45) is 5.92 Å². The van der Waals surface area contributed by atoms with E-state index >= 15 is 0 Å². The van der Waals surface area contributed by atoms with E-state index in [1.807, 2.05) is 24.3 Å². The number of aryl methyl sites for hydroxylation is 1. The molecule has 0 spiro atoms. The third-order valence-corrected chi connectivity index (χ3v) is 3.44. The van der Waals surface area contributed by atoms with Crippen LogP contribution >= 0.6 is 0 Å². The number of nitrogens with zero attached hydrogens (tertiary/aromatic N) is 2. The van der Waals surface area contributed by atoms with E-state index in [0.29, 0.717) is 29.8 Å². The van der Waals surface area contributed by atoms with Gasteiger partial charge in [-0.1, -0.05) is 13.8 Å². The molecule has 6 nitrogen and oxygen atoms in total. The van der Waals surface area contributed by atoms with Crippen LogP contribution in [-0.4, -0.2) is 29.5 Å². The second-order valence-corrected chi connectivity index (χ2v) is 5.98. The topological polar surface area (TPSA) is 76.1 Å². The number of methoxy groups -OCH3 is 1. The Morgan fingerprint density at radius 1 is 1.21 bits per heavy atom. The number of carbonyl (C=O) groups is 1. The van der Waals surface area contributed by atoms with Gasteiger partial charge in [-0.2, -0.15) is 0 Å². The van der Waals surface area contributed by atoms with Gasteiger partial charge in [0.15, 0.2) is 0 Å². The molecular formula is C18H24N4O2. The molecule has 24 heavy (non-hydrogen) atoms. The van der Waals surface area contributed by atoms with Crippen molar-refractivity contribution in [1.82, 2.24) is 15.3 Å². The van der Waals surface area contributed by atoms with Gasteiger partial charge in [-0.25, -0.2) is 9.97 Å². The molecule has 2 N–H and O–H groups in total. The molecule has 0 aliphatic rings. The number of amides is 1. The Morgan fingerprint density at radius 3 is 2.54 bits per heavy atom. The zero-order valence-electron chi connectivity index (χ0n) is 14.6. The first kappa shape index (κ1) is 17.7. The van der Waals surface area contributed by atoms with Crippen molar-refractivity contribution < 1.29 is 9.53 Å². The van der Waals surface area contributed by atoms with Crippen LogP contribution in [0.2, 0.25) is 0 Å². The number of benzene rings is 1. The number of hydrogen-bond acceptors (Lipinski definition) is 5. The number of hydrogen-bond donors (Lipinski definition) is 2. The first-order valence-electron chi connectivity index (χ1n) is 8.03. The molecule has 0 bridgehead atoms. The Morgan fingerprint density at radius 2 is 1.92 bits per heavy atom. The summed E-state index contributed by atoms with van der Waals surface area (Å²) in [5.41, 5.74) is 1.22. The molecule has 128 valence electrons. The van der Waals surface area contributed by atoms with Crippen LogP contribution in [0, 0.1) is 12.8 Å². The van der Waals surface area contributed by atoms with E-state index in [2.05, 4.69) is 34.4 Å². The summed E-state index contributed by atoms with van der Waals surface area (Å²) >= 11 is 0. The molecule has 1 aromatic carbocycles. The van der Waals surface area contributed by atoms with Gasteiger partial charge in [0.1, 0.15) is 23.1 Å². The smallest absolute Gasteiger partial charge is 0.270 e. The van der Waals surface area contributed by atoms with E-state index in [1.54, 1.807) is 20.1 Å². The molecule has 1 heterocycles. The molecule has 0 aliphatic heterocycles. The van der Waals surface area contributed by atoms with Gasteiger partial charge in [-0.15, -0.1) is 0 Å². The number of ether oxygens (including phenoxy) is 1. The summed E-state index contributed by atoms with van der Waals surface area (Å²) in [5.74, 6) is 2.28. The lowest BCUT2D eigenvalue weighted by Gasteiger charge is -2.10. The van der Waals surface area contributed by atoms with Crippen molar-refractivity contribution in [3.63, 3.8) is 0 Å². The van der Waals surface area contributed by atoms with Crippen molar-refractivity contribution in [1.29, 1.82) is 0 Å². The average Bonchev–Trinajstić information content (AvgIpc) is 2.54. The van der Waals surface area contributed by atoms with Crippen LogP contribution in [0.1, 0.15) is 36.6 Å². The minimum Gasteiger partial charge on any atom is -0.497 e. The monoisotopic (exact) mass is 328 g/mol. The largest absolute Gasteiger partial charge is 0.497 e. The van der Waals surface area contributed by atoms with Crippen LogP contribution < -0.4 is 15.4 Å². The Hall–Kier alpha value is -2.63. The van der Waals surface area contributed by atoms with Gasteiger partial charge in [0.05, 0.1) is 7.11 Å².